The summed E-state index contributed by atoms with van der Waals surface area (Å²) in [5.41, 5.74) is 0.0832. The second kappa shape index (κ2) is 7.62. The van der Waals surface area contributed by atoms with Crippen LogP contribution in [-0.4, -0.2) is 36.1 Å². The lowest BCUT2D eigenvalue weighted by Crippen LogP contribution is -2.55. The summed E-state index contributed by atoms with van der Waals surface area (Å²) in [6.07, 6.45) is 9.48. The van der Waals surface area contributed by atoms with Crippen molar-refractivity contribution in [1.82, 2.24) is 4.90 Å². The van der Waals surface area contributed by atoms with Crippen LogP contribution in [0.5, 0.6) is 0 Å². The lowest BCUT2D eigenvalue weighted by molar-refractivity contribution is -0.148. The molecule has 2 unspecified atom stereocenters. The van der Waals surface area contributed by atoms with Gasteiger partial charge in [0.05, 0.1) is 13.0 Å². The van der Waals surface area contributed by atoms with E-state index in [1.165, 1.54) is 58.0 Å². The van der Waals surface area contributed by atoms with Crippen LogP contribution in [0.1, 0.15) is 72.1 Å². The van der Waals surface area contributed by atoms with Crippen LogP contribution in [0.4, 0.5) is 0 Å². The fraction of sp³-hybridized carbons (Fsp3) is 0.944. The Morgan fingerprint density at radius 3 is 2.57 bits per heavy atom. The smallest absolute Gasteiger partial charge is 0.307 e. The Morgan fingerprint density at radius 1 is 1.24 bits per heavy atom. The van der Waals surface area contributed by atoms with Gasteiger partial charge in [-0.1, -0.05) is 33.1 Å². The van der Waals surface area contributed by atoms with Gasteiger partial charge in [-0.15, -0.1) is 0 Å². The lowest BCUT2D eigenvalue weighted by Gasteiger charge is -2.50. The largest absolute Gasteiger partial charge is 0.466 e. The van der Waals surface area contributed by atoms with Gasteiger partial charge in [-0.25, -0.2) is 0 Å². The predicted molar refractivity (Wildman–Crippen MR) is 86.2 cm³/mol. The van der Waals surface area contributed by atoms with Gasteiger partial charge in [-0.3, -0.25) is 9.69 Å². The topological polar surface area (TPSA) is 29.5 Å². The summed E-state index contributed by atoms with van der Waals surface area (Å²) in [4.78, 5) is 14.8. The van der Waals surface area contributed by atoms with Crippen molar-refractivity contribution in [2.24, 2.45) is 11.8 Å². The molecule has 0 aromatic heterocycles. The maximum atomic E-state index is 12.2. The van der Waals surface area contributed by atoms with Gasteiger partial charge in [-0.2, -0.15) is 0 Å². The van der Waals surface area contributed by atoms with E-state index in [2.05, 4.69) is 18.7 Å². The molecule has 122 valence electrons. The summed E-state index contributed by atoms with van der Waals surface area (Å²) in [6.45, 7) is 9.42. The molecule has 0 aromatic carbocycles. The Morgan fingerprint density at radius 2 is 1.95 bits per heavy atom. The molecule has 2 rings (SSSR count). The predicted octanol–water partition coefficient (Wildman–Crippen LogP) is 4.01. The summed E-state index contributed by atoms with van der Waals surface area (Å²) in [5.74, 6) is 1.49. The molecule has 1 saturated carbocycles. The molecular weight excluding hydrogens is 262 g/mol. The van der Waals surface area contributed by atoms with Crippen molar-refractivity contribution in [1.29, 1.82) is 0 Å². The maximum Gasteiger partial charge on any atom is 0.307 e. The first-order valence-electron chi connectivity index (χ1n) is 8.98. The monoisotopic (exact) mass is 295 g/mol. The van der Waals surface area contributed by atoms with Gasteiger partial charge in [0.15, 0.2) is 0 Å². The molecule has 3 heteroatoms. The molecule has 1 saturated heterocycles. The first-order valence-corrected chi connectivity index (χ1v) is 8.98. The van der Waals surface area contributed by atoms with Crippen LogP contribution in [0.15, 0.2) is 0 Å². The second-order valence-electron chi connectivity index (χ2n) is 7.35. The van der Waals surface area contributed by atoms with Gasteiger partial charge in [0.25, 0.3) is 0 Å². The van der Waals surface area contributed by atoms with Crippen molar-refractivity contribution >= 4 is 5.97 Å². The molecule has 1 aliphatic heterocycles. The number of carbonyl (C=O) groups excluding carboxylic acids is 1. The van der Waals surface area contributed by atoms with Crippen molar-refractivity contribution in [3.8, 4) is 0 Å². The number of esters is 1. The van der Waals surface area contributed by atoms with Crippen molar-refractivity contribution in [3.63, 3.8) is 0 Å². The van der Waals surface area contributed by atoms with E-state index in [-0.39, 0.29) is 11.5 Å². The SMILES string of the molecule is CCOC(=O)CC1(N2CCCCC2)CCCC(C(C)C)C1. The second-order valence-corrected chi connectivity index (χ2v) is 7.35. The summed E-state index contributed by atoms with van der Waals surface area (Å²) in [7, 11) is 0. The van der Waals surface area contributed by atoms with Gasteiger partial charge in [0.1, 0.15) is 0 Å². The number of ether oxygens (including phenoxy) is 1. The van der Waals surface area contributed by atoms with E-state index in [1.807, 2.05) is 6.92 Å². The molecule has 1 heterocycles. The van der Waals surface area contributed by atoms with E-state index in [0.29, 0.717) is 13.0 Å². The molecule has 21 heavy (non-hydrogen) atoms. The zero-order valence-corrected chi connectivity index (χ0v) is 14.2. The molecule has 2 atom stereocenters. The minimum absolute atomic E-state index is 0.00693. The molecule has 0 aromatic rings. The number of carbonyl (C=O) groups is 1. The number of nitrogens with zero attached hydrogens (tertiary/aromatic N) is 1. The zero-order valence-electron chi connectivity index (χ0n) is 14.2. The highest BCUT2D eigenvalue weighted by atomic mass is 16.5. The van der Waals surface area contributed by atoms with Crippen LogP contribution in [0, 0.1) is 11.8 Å². The molecule has 2 fully saturated rings. The van der Waals surface area contributed by atoms with Crippen LogP contribution in [0.25, 0.3) is 0 Å². The third-order valence-electron chi connectivity index (χ3n) is 5.61. The maximum absolute atomic E-state index is 12.2. The van der Waals surface area contributed by atoms with Crippen molar-refractivity contribution in [2.75, 3.05) is 19.7 Å². The Bertz CT molecular complexity index is 336. The number of rotatable bonds is 5. The van der Waals surface area contributed by atoms with E-state index in [9.17, 15) is 4.79 Å². The molecule has 0 spiro atoms. The molecule has 0 N–H and O–H groups in total. The average molecular weight is 295 g/mol. The average Bonchev–Trinajstić information content (AvgIpc) is 2.48. The van der Waals surface area contributed by atoms with Gasteiger partial charge in [-0.05, 0) is 57.5 Å². The van der Waals surface area contributed by atoms with Crippen LogP contribution in [-0.2, 0) is 9.53 Å². The normalized spacial score (nSPS) is 31.3. The highest BCUT2D eigenvalue weighted by Crippen LogP contribution is 2.43. The Balaban J connectivity index is 2.13. The Kier molecular flexibility index (Phi) is 6.09. The lowest BCUT2D eigenvalue weighted by atomic mass is 9.69. The van der Waals surface area contributed by atoms with Gasteiger partial charge < -0.3 is 4.74 Å². The molecule has 0 amide bonds. The third-order valence-corrected chi connectivity index (χ3v) is 5.61. The fourth-order valence-electron chi connectivity index (χ4n) is 4.36. The quantitative estimate of drug-likeness (QED) is 0.718. The zero-order chi connectivity index (χ0) is 15.3. The number of piperidine rings is 1. The van der Waals surface area contributed by atoms with Crippen molar-refractivity contribution in [3.05, 3.63) is 0 Å². The Labute approximate surface area is 130 Å². The molecule has 3 nitrogen and oxygen atoms in total. The highest BCUT2D eigenvalue weighted by molar-refractivity contribution is 5.71. The summed E-state index contributed by atoms with van der Waals surface area (Å²) in [5, 5.41) is 0. The van der Waals surface area contributed by atoms with Gasteiger partial charge >= 0.3 is 5.97 Å². The highest BCUT2D eigenvalue weighted by Gasteiger charge is 2.43. The molecule has 0 radical (unpaired) electrons. The van der Waals surface area contributed by atoms with E-state index in [0.717, 1.165) is 11.8 Å². The third kappa shape index (κ3) is 4.21. The summed E-state index contributed by atoms with van der Waals surface area (Å²) in [6, 6.07) is 0. The number of likely N-dealkylation sites (tertiary alicyclic amines) is 1. The van der Waals surface area contributed by atoms with E-state index in [1.54, 1.807) is 0 Å². The van der Waals surface area contributed by atoms with Crippen molar-refractivity contribution < 1.29 is 9.53 Å². The number of hydrogen-bond donors (Lipinski definition) is 0. The summed E-state index contributed by atoms with van der Waals surface area (Å²) < 4.78 is 5.29. The van der Waals surface area contributed by atoms with Crippen molar-refractivity contribution in [2.45, 2.75) is 77.7 Å². The minimum Gasteiger partial charge on any atom is -0.466 e. The van der Waals surface area contributed by atoms with Gasteiger partial charge in [0, 0.05) is 5.54 Å². The van der Waals surface area contributed by atoms with E-state index < -0.39 is 0 Å². The van der Waals surface area contributed by atoms with Crippen LogP contribution >= 0.6 is 0 Å². The van der Waals surface area contributed by atoms with Crippen LogP contribution in [0.2, 0.25) is 0 Å². The Hall–Kier alpha value is -0.570. The van der Waals surface area contributed by atoms with E-state index >= 15 is 0 Å². The molecule has 2 aliphatic rings. The van der Waals surface area contributed by atoms with Gasteiger partial charge in [0.2, 0.25) is 0 Å². The molecule has 0 bridgehead atoms. The first kappa shape index (κ1) is 16.8. The molecular formula is C18H33NO2. The van der Waals surface area contributed by atoms with E-state index in [4.69, 9.17) is 4.74 Å². The first-order chi connectivity index (χ1) is 10.1. The standard InChI is InChI=1S/C18H33NO2/c1-4-21-17(20)14-18(19-11-6-5-7-12-19)10-8-9-16(13-18)15(2)3/h15-16H,4-14H2,1-3H3. The number of hydrogen-bond acceptors (Lipinski definition) is 3. The molecule has 1 aliphatic carbocycles. The fourth-order valence-corrected chi connectivity index (χ4v) is 4.36. The minimum atomic E-state index is 0.00693. The van der Waals surface area contributed by atoms with Crippen LogP contribution in [0.3, 0.4) is 0 Å². The van der Waals surface area contributed by atoms with Crippen LogP contribution < -0.4 is 0 Å². The summed E-state index contributed by atoms with van der Waals surface area (Å²) >= 11 is 0.